The van der Waals surface area contributed by atoms with Crippen LogP contribution in [0.15, 0.2) is 16.7 Å². The number of aromatic nitrogens is 1. The lowest BCUT2D eigenvalue weighted by Gasteiger charge is -2.33. The molecule has 180 valence electrons. The fraction of sp³-hybridized carbons (Fsp3) is 0.571. The van der Waals surface area contributed by atoms with Gasteiger partial charge in [-0.05, 0) is 31.9 Å². The lowest BCUT2D eigenvalue weighted by molar-refractivity contribution is -0.156. The molecule has 0 saturated carbocycles. The maximum Gasteiger partial charge on any atom is 0.452 e. The van der Waals surface area contributed by atoms with Crippen LogP contribution in [-0.4, -0.2) is 78.8 Å². The zero-order valence-electron chi connectivity index (χ0n) is 18.1. The van der Waals surface area contributed by atoms with E-state index in [1.807, 2.05) is 4.90 Å². The van der Waals surface area contributed by atoms with E-state index in [1.165, 1.54) is 6.92 Å². The van der Waals surface area contributed by atoms with E-state index in [0.29, 0.717) is 42.6 Å². The molecule has 4 rings (SSSR count). The summed E-state index contributed by atoms with van der Waals surface area (Å²) in [7, 11) is 0. The van der Waals surface area contributed by atoms with E-state index in [0.717, 1.165) is 37.3 Å². The van der Waals surface area contributed by atoms with Gasteiger partial charge in [0.2, 0.25) is 11.7 Å². The van der Waals surface area contributed by atoms with Gasteiger partial charge in [0.05, 0.1) is 29.5 Å². The van der Waals surface area contributed by atoms with Gasteiger partial charge < -0.3 is 19.5 Å². The molecule has 12 heteroatoms. The number of nitrogens with one attached hydrogen (secondary N) is 1. The largest absolute Gasteiger partial charge is 0.452 e. The highest BCUT2D eigenvalue weighted by atomic mass is 32.1. The van der Waals surface area contributed by atoms with Crippen LogP contribution in [0.5, 0.6) is 0 Å². The highest BCUT2D eigenvalue weighted by Crippen LogP contribution is 2.38. The molecule has 0 spiro atoms. The molecule has 2 aromatic heterocycles. The number of carbonyl (C=O) groups is 2. The third kappa shape index (κ3) is 5.56. The third-order valence-electron chi connectivity index (χ3n) is 5.78. The topological polar surface area (TPSA) is 87.9 Å². The summed E-state index contributed by atoms with van der Waals surface area (Å²) in [5.41, 5.74) is -0.0253. The van der Waals surface area contributed by atoms with Crippen LogP contribution in [0.25, 0.3) is 10.6 Å². The second-order valence-corrected chi connectivity index (χ2v) is 9.28. The van der Waals surface area contributed by atoms with Crippen LogP contribution in [0.1, 0.15) is 33.8 Å². The molecule has 33 heavy (non-hydrogen) atoms. The zero-order valence-corrected chi connectivity index (χ0v) is 18.9. The van der Waals surface area contributed by atoms with Crippen LogP contribution in [0, 0.1) is 6.92 Å². The molecule has 2 aliphatic rings. The number of hydrogen-bond donors (Lipinski definition) is 1. The number of halogens is 3. The molecule has 4 heterocycles. The third-order valence-corrected chi connectivity index (χ3v) is 6.86. The number of nitrogens with zero attached hydrogens (tertiary/aromatic N) is 3. The summed E-state index contributed by atoms with van der Waals surface area (Å²) < 4.78 is 48.7. The molecule has 0 aliphatic carbocycles. The number of morpholine rings is 1. The minimum absolute atomic E-state index is 0.0726. The molecule has 0 unspecified atom stereocenters. The Kier molecular flexibility index (Phi) is 7.05. The van der Waals surface area contributed by atoms with Crippen LogP contribution in [0.2, 0.25) is 0 Å². The van der Waals surface area contributed by atoms with E-state index < -0.39 is 11.9 Å². The molecular formula is C21H25F3N4O4S. The van der Waals surface area contributed by atoms with Crippen LogP contribution >= 0.6 is 11.3 Å². The Morgan fingerprint density at radius 2 is 2.00 bits per heavy atom. The quantitative estimate of drug-likeness (QED) is 0.700. The summed E-state index contributed by atoms with van der Waals surface area (Å²) >= 11 is 1.08. The molecular weight excluding hydrogens is 461 g/mol. The molecule has 8 nitrogen and oxygen atoms in total. The average Bonchev–Trinajstić information content (AvgIpc) is 3.40. The fourth-order valence-corrected chi connectivity index (χ4v) is 5.09. The molecule has 1 atom stereocenters. The van der Waals surface area contributed by atoms with E-state index in [4.69, 9.17) is 4.74 Å². The Hall–Kier alpha value is -2.44. The zero-order chi connectivity index (χ0) is 23.6. The summed E-state index contributed by atoms with van der Waals surface area (Å²) in [6.45, 7) is 5.23. The van der Waals surface area contributed by atoms with Gasteiger partial charge in [0.25, 0.3) is 5.91 Å². The number of alkyl halides is 3. The van der Waals surface area contributed by atoms with Crippen LogP contribution in [0.3, 0.4) is 0 Å². The first-order valence-electron chi connectivity index (χ1n) is 10.7. The molecule has 2 amide bonds. The lowest BCUT2D eigenvalue weighted by Crippen LogP contribution is -2.52. The van der Waals surface area contributed by atoms with Crippen LogP contribution in [0.4, 0.5) is 13.2 Å². The van der Waals surface area contributed by atoms with Gasteiger partial charge in [-0.1, -0.05) is 5.16 Å². The standard InChI is InChI=1S/C21H25F3N4O4S/c1-13-18(26-32-19(13)21(22,23)24)15-4-5-16(33-15)20(30)28-6-2-3-14(11-28)25-17(29)12-27-7-9-31-10-8-27/h4-5,14H,2-3,6-12H2,1H3,(H,25,29)/t14-/m0/s1. The van der Waals surface area contributed by atoms with Crippen molar-refractivity contribution < 1.29 is 32.0 Å². The van der Waals surface area contributed by atoms with Crippen molar-refractivity contribution >= 4 is 23.2 Å². The smallest absolute Gasteiger partial charge is 0.379 e. The summed E-state index contributed by atoms with van der Waals surface area (Å²) in [6.07, 6.45) is -3.09. The number of thiophene rings is 1. The maximum absolute atomic E-state index is 13.0. The van der Waals surface area contributed by atoms with Crippen molar-refractivity contribution in [2.24, 2.45) is 0 Å². The second kappa shape index (κ2) is 9.82. The van der Waals surface area contributed by atoms with E-state index in [2.05, 4.69) is 15.0 Å². The lowest BCUT2D eigenvalue weighted by atomic mass is 10.1. The average molecular weight is 487 g/mol. The van der Waals surface area contributed by atoms with Crippen molar-refractivity contribution in [1.29, 1.82) is 0 Å². The van der Waals surface area contributed by atoms with E-state index in [9.17, 15) is 22.8 Å². The van der Waals surface area contributed by atoms with Crippen LogP contribution < -0.4 is 5.32 Å². The fourth-order valence-electron chi connectivity index (χ4n) is 4.08. The molecule has 0 bridgehead atoms. The summed E-state index contributed by atoms with van der Waals surface area (Å²) in [5, 5.41) is 6.58. The van der Waals surface area contributed by atoms with Crippen molar-refractivity contribution in [2.75, 3.05) is 45.9 Å². The minimum Gasteiger partial charge on any atom is -0.379 e. The molecule has 2 saturated heterocycles. The minimum atomic E-state index is -4.62. The highest BCUT2D eigenvalue weighted by Gasteiger charge is 2.39. The summed E-state index contributed by atoms with van der Waals surface area (Å²) in [4.78, 5) is 30.0. The Labute approximate surface area is 192 Å². The highest BCUT2D eigenvalue weighted by molar-refractivity contribution is 7.17. The number of rotatable bonds is 5. The summed E-state index contributed by atoms with van der Waals surface area (Å²) in [5.74, 6) is -1.42. The Balaban J connectivity index is 1.37. The van der Waals surface area contributed by atoms with Crippen molar-refractivity contribution in [1.82, 2.24) is 20.3 Å². The maximum atomic E-state index is 13.0. The summed E-state index contributed by atoms with van der Waals surface area (Å²) in [6, 6.07) is 3.03. The van der Waals surface area contributed by atoms with Crippen molar-refractivity contribution in [3.63, 3.8) is 0 Å². The number of hydrogen-bond acceptors (Lipinski definition) is 7. The van der Waals surface area contributed by atoms with E-state index >= 15 is 0 Å². The van der Waals surface area contributed by atoms with E-state index in [1.54, 1.807) is 17.0 Å². The molecule has 2 aromatic rings. The number of amides is 2. The molecule has 2 aliphatic heterocycles. The SMILES string of the molecule is Cc1c(-c2ccc(C(=O)N3CCC[C@H](NC(=O)CN4CCOCC4)C3)s2)noc1C(F)(F)F. The van der Waals surface area contributed by atoms with Gasteiger partial charge in [0.15, 0.2) is 0 Å². The van der Waals surface area contributed by atoms with Gasteiger partial charge >= 0.3 is 6.18 Å². The van der Waals surface area contributed by atoms with Gasteiger partial charge in [-0.2, -0.15) is 13.2 Å². The monoisotopic (exact) mass is 486 g/mol. The Bertz CT molecular complexity index is 1000. The van der Waals surface area contributed by atoms with Crippen molar-refractivity contribution in [3.8, 4) is 10.6 Å². The second-order valence-electron chi connectivity index (χ2n) is 8.19. The predicted molar refractivity (Wildman–Crippen MR) is 114 cm³/mol. The molecule has 1 N–H and O–H groups in total. The van der Waals surface area contributed by atoms with E-state index in [-0.39, 0.29) is 29.1 Å². The van der Waals surface area contributed by atoms with Gasteiger partial charge in [0, 0.05) is 37.8 Å². The van der Waals surface area contributed by atoms with Gasteiger partial charge in [-0.25, -0.2) is 0 Å². The van der Waals surface area contributed by atoms with Gasteiger partial charge in [-0.15, -0.1) is 11.3 Å². The number of ether oxygens (including phenoxy) is 1. The van der Waals surface area contributed by atoms with Crippen molar-refractivity contribution in [2.45, 2.75) is 32.0 Å². The molecule has 0 aromatic carbocycles. The van der Waals surface area contributed by atoms with Gasteiger partial charge in [0.1, 0.15) is 5.69 Å². The van der Waals surface area contributed by atoms with Gasteiger partial charge in [-0.3, -0.25) is 14.5 Å². The molecule has 0 radical (unpaired) electrons. The number of piperidine rings is 1. The predicted octanol–water partition coefficient (Wildman–Crippen LogP) is 2.78. The van der Waals surface area contributed by atoms with Crippen LogP contribution in [-0.2, 0) is 15.7 Å². The van der Waals surface area contributed by atoms with Crippen molar-refractivity contribution in [3.05, 3.63) is 28.3 Å². The first-order chi connectivity index (χ1) is 15.7. The Morgan fingerprint density at radius 3 is 2.70 bits per heavy atom. The first-order valence-corrected chi connectivity index (χ1v) is 11.6. The first kappa shape index (κ1) is 23.7. The molecule has 2 fully saturated rings. The normalized spacial score (nSPS) is 20.1. The number of likely N-dealkylation sites (tertiary alicyclic amines) is 1. The number of carbonyl (C=O) groups excluding carboxylic acids is 2. The Morgan fingerprint density at radius 1 is 1.24 bits per heavy atom.